The number of fused-ring (bicyclic) bond motifs is 1. The monoisotopic (exact) mass is 372 g/mol. The van der Waals surface area contributed by atoms with Gasteiger partial charge in [0.05, 0.1) is 16.8 Å². The highest BCUT2D eigenvalue weighted by Gasteiger charge is 2.34. The first-order valence-electron chi connectivity index (χ1n) is 8.30. The summed E-state index contributed by atoms with van der Waals surface area (Å²) in [5.41, 5.74) is 1.76. The predicted octanol–water partition coefficient (Wildman–Crippen LogP) is 2.22. The van der Waals surface area contributed by atoms with Crippen LogP contribution < -0.4 is 5.32 Å². The van der Waals surface area contributed by atoms with Crippen LogP contribution in [-0.4, -0.2) is 53.1 Å². The molecule has 1 aromatic carbocycles. The van der Waals surface area contributed by atoms with Crippen molar-refractivity contribution < 1.29 is 14.4 Å². The summed E-state index contributed by atoms with van der Waals surface area (Å²) in [5, 5.41) is 5.24. The van der Waals surface area contributed by atoms with Crippen LogP contribution in [0.3, 0.4) is 0 Å². The molecule has 0 bridgehead atoms. The molecule has 1 aromatic heterocycles. The molecule has 0 radical (unpaired) electrons. The third-order valence-electron chi connectivity index (χ3n) is 3.94. The highest BCUT2D eigenvalue weighted by atomic mass is 32.1. The summed E-state index contributed by atoms with van der Waals surface area (Å²) >= 11 is 1.38. The van der Waals surface area contributed by atoms with E-state index in [1.165, 1.54) is 16.2 Å². The van der Waals surface area contributed by atoms with Gasteiger partial charge >= 0.3 is 0 Å². The Morgan fingerprint density at radius 1 is 1.19 bits per heavy atom. The van der Waals surface area contributed by atoms with Crippen molar-refractivity contribution in [1.82, 2.24) is 14.8 Å². The van der Waals surface area contributed by atoms with Gasteiger partial charge in [-0.3, -0.25) is 19.3 Å². The zero-order valence-corrected chi connectivity index (χ0v) is 15.5. The molecule has 3 amide bonds. The lowest BCUT2D eigenvalue weighted by molar-refractivity contribution is -0.116. The number of hydrogen-bond donors (Lipinski definition) is 1. The van der Waals surface area contributed by atoms with Crippen LogP contribution in [0.1, 0.15) is 39.3 Å². The van der Waals surface area contributed by atoms with E-state index in [4.69, 9.17) is 0 Å². The molecular formula is C18H20N4O3S. The molecule has 0 saturated carbocycles. The van der Waals surface area contributed by atoms with E-state index in [2.05, 4.69) is 10.3 Å². The Balaban J connectivity index is 1.48. The molecule has 0 spiro atoms. The lowest BCUT2D eigenvalue weighted by atomic mass is 10.1. The molecule has 1 N–H and O–H groups in total. The van der Waals surface area contributed by atoms with E-state index in [9.17, 15) is 14.4 Å². The average molecular weight is 372 g/mol. The Kier molecular flexibility index (Phi) is 5.43. The molecule has 0 unspecified atom stereocenters. The van der Waals surface area contributed by atoms with E-state index in [0.29, 0.717) is 29.2 Å². The maximum atomic E-state index is 12.3. The number of thiazole rings is 1. The lowest BCUT2D eigenvalue weighted by Gasteiger charge is -2.13. The van der Waals surface area contributed by atoms with Gasteiger partial charge in [0.2, 0.25) is 5.91 Å². The minimum atomic E-state index is -0.292. The minimum absolute atomic E-state index is 0.174. The molecular weight excluding hydrogens is 352 g/mol. The first-order valence-corrected chi connectivity index (χ1v) is 9.18. The molecule has 0 atom stereocenters. The highest BCUT2D eigenvalue weighted by molar-refractivity contribution is 7.13. The number of benzene rings is 1. The number of imide groups is 1. The molecule has 136 valence electrons. The van der Waals surface area contributed by atoms with Gasteiger partial charge in [0, 0.05) is 24.9 Å². The van der Waals surface area contributed by atoms with Crippen molar-refractivity contribution in [3.63, 3.8) is 0 Å². The summed E-state index contributed by atoms with van der Waals surface area (Å²) in [7, 11) is 3.91. The van der Waals surface area contributed by atoms with Gasteiger partial charge in [-0.05, 0) is 32.6 Å². The second-order valence-corrected chi connectivity index (χ2v) is 7.20. The zero-order chi connectivity index (χ0) is 18.7. The zero-order valence-electron chi connectivity index (χ0n) is 14.7. The summed E-state index contributed by atoms with van der Waals surface area (Å²) in [6, 6.07) is 6.77. The minimum Gasteiger partial charge on any atom is -0.304 e. The first-order chi connectivity index (χ1) is 12.5. The van der Waals surface area contributed by atoms with Crippen molar-refractivity contribution in [2.75, 3.05) is 26.0 Å². The average Bonchev–Trinajstić information content (AvgIpc) is 3.12. The van der Waals surface area contributed by atoms with E-state index < -0.39 is 0 Å². The second kappa shape index (κ2) is 7.76. The number of nitrogens with zero attached hydrogens (tertiary/aromatic N) is 3. The molecule has 3 rings (SSSR count). The van der Waals surface area contributed by atoms with Crippen LogP contribution in [0.25, 0.3) is 0 Å². The van der Waals surface area contributed by atoms with Gasteiger partial charge in [0.1, 0.15) is 0 Å². The fraction of sp³-hybridized carbons (Fsp3) is 0.333. The van der Waals surface area contributed by atoms with E-state index >= 15 is 0 Å². The van der Waals surface area contributed by atoms with Crippen molar-refractivity contribution in [3.05, 3.63) is 46.5 Å². The molecule has 2 aromatic rings. The summed E-state index contributed by atoms with van der Waals surface area (Å²) in [4.78, 5) is 44.1. The quantitative estimate of drug-likeness (QED) is 0.754. The van der Waals surface area contributed by atoms with E-state index in [1.54, 1.807) is 24.3 Å². The summed E-state index contributed by atoms with van der Waals surface area (Å²) in [6.07, 6.45) is 0.628. The number of aromatic nitrogens is 1. The lowest BCUT2D eigenvalue weighted by Crippen LogP contribution is -2.31. The number of carbonyl (C=O) groups excluding carboxylic acids is 3. The van der Waals surface area contributed by atoms with Crippen LogP contribution in [0.2, 0.25) is 0 Å². The third-order valence-corrected chi connectivity index (χ3v) is 4.75. The fourth-order valence-corrected chi connectivity index (χ4v) is 3.50. The van der Waals surface area contributed by atoms with Gasteiger partial charge in [-0.15, -0.1) is 11.3 Å². The van der Waals surface area contributed by atoms with Crippen LogP contribution >= 0.6 is 11.3 Å². The predicted molar refractivity (Wildman–Crippen MR) is 99.2 cm³/mol. The standard InChI is InChI=1S/C18H20N4O3S/c1-21(2)10-12-11-26-18(19-12)20-15(23)8-5-9-22-16(24)13-6-3-4-7-14(13)17(22)25/h3-4,6-7,11H,5,8-10H2,1-2H3,(H,19,20,23). The SMILES string of the molecule is CN(C)Cc1csc(NC(=O)CCCN2C(=O)c3ccccc3C2=O)n1. The number of carbonyl (C=O) groups is 3. The van der Waals surface area contributed by atoms with Crippen LogP contribution in [0.4, 0.5) is 5.13 Å². The van der Waals surface area contributed by atoms with Crippen molar-refractivity contribution in [1.29, 1.82) is 0 Å². The van der Waals surface area contributed by atoms with Crippen molar-refractivity contribution >= 4 is 34.2 Å². The number of anilines is 1. The maximum absolute atomic E-state index is 12.3. The Morgan fingerprint density at radius 2 is 1.85 bits per heavy atom. The second-order valence-electron chi connectivity index (χ2n) is 6.34. The molecule has 26 heavy (non-hydrogen) atoms. The molecule has 1 aliphatic heterocycles. The van der Waals surface area contributed by atoms with Crippen LogP contribution in [-0.2, 0) is 11.3 Å². The molecule has 0 fully saturated rings. The van der Waals surface area contributed by atoms with Crippen molar-refractivity contribution in [2.45, 2.75) is 19.4 Å². The Hall–Kier alpha value is -2.58. The van der Waals surface area contributed by atoms with Crippen LogP contribution in [0, 0.1) is 0 Å². The number of amides is 3. The van der Waals surface area contributed by atoms with Gasteiger partial charge in [-0.25, -0.2) is 4.98 Å². The summed E-state index contributed by atoms with van der Waals surface area (Å²) in [6.45, 7) is 0.940. The Morgan fingerprint density at radius 3 is 2.46 bits per heavy atom. The van der Waals surface area contributed by atoms with Crippen LogP contribution in [0.15, 0.2) is 29.6 Å². The summed E-state index contributed by atoms with van der Waals surface area (Å²) in [5.74, 6) is -0.758. The number of nitrogens with one attached hydrogen (secondary N) is 1. The van der Waals surface area contributed by atoms with Gasteiger partial charge < -0.3 is 10.2 Å². The van der Waals surface area contributed by atoms with Crippen molar-refractivity contribution in [3.8, 4) is 0 Å². The van der Waals surface area contributed by atoms with E-state index in [-0.39, 0.29) is 30.7 Å². The smallest absolute Gasteiger partial charge is 0.261 e. The Labute approximate surface area is 155 Å². The van der Waals surface area contributed by atoms with Gasteiger partial charge in [0.25, 0.3) is 11.8 Å². The van der Waals surface area contributed by atoms with Gasteiger partial charge in [0.15, 0.2) is 5.13 Å². The van der Waals surface area contributed by atoms with Crippen LogP contribution in [0.5, 0.6) is 0 Å². The van der Waals surface area contributed by atoms with E-state index in [1.807, 2.05) is 24.4 Å². The topological polar surface area (TPSA) is 82.6 Å². The van der Waals surface area contributed by atoms with Gasteiger partial charge in [-0.1, -0.05) is 12.1 Å². The Bertz CT molecular complexity index is 811. The molecule has 1 aliphatic rings. The summed E-state index contributed by atoms with van der Waals surface area (Å²) < 4.78 is 0. The highest BCUT2D eigenvalue weighted by Crippen LogP contribution is 2.23. The molecule has 0 saturated heterocycles. The fourth-order valence-electron chi connectivity index (χ4n) is 2.78. The number of hydrogen-bond acceptors (Lipinski definition) is 6. The molecule has 0 aliphatic carbocycles. The molecule has 7 nitrogen and oxygen atoms in total. The first kappa shape index (κ1) is 18.2. The van der Waals surface area contributed by atoms with Crippen molar-refractivity contribution in [2.24, 2.45) is 0 Å². The van der Waals surface area contributed by atoms with E-state index in [0.717, 1.165) is 5.69 Å². The number of rotatable bonds is 7. The van der Waals surface area contributed by atoms with Gasteiger partial charge in [-0.2, -0.15) is 0 Å². The largest absolute Gasteiger partial charge is 0.304 e. The maximum Gasteiger partial charge on any atom is 0.261 e. The molecule has 8 heteroatoms. The normalized spacial score (nSPS) is 13.4. The third kappa shape index (κ3) is 3.97. The molecule has 2 heterocycles.